The van der Waals surface area contributed by atoms with E-state index in [-0.39, 0.29) is 12.5 Å². The fourth-order valence-corrected chi connectivity index (χ4v) is 1.53. The van der Waals surface area contributed by atoms with Gasteiger partial charge in [-0.2, -0.15) is 0 Å². The van der Waals surface area contributed by atoms with E-state index in [9.17, 15) is 9.90 Å². The minimum absolute atomic E-state index is 0.209. The number of hydrogen-bond donors (Lipinski definition) is 2. The van der Waals surface area contributed by atoms with E-state index >= 15 is 0 Å². The maximum absolute atomic E-state index is 11.7. The Balaban J connectivity index is 4.19. The van der Waals surface area contributed by atoms with Crippen LogP contribution in [-0.4, -0.2) is 35.9 Å². The van der Waals surface area contributed by atoms with Crippen LogP contribution in [0, 0.1) is 5.92 Å². The van der Waals surface area contributed by atoms with Gasteiger partial charge in [-0.3, -0.25) is 4.79 Å². The van der Waals surface area contributed by atoms with Crippen LogP contribution in [0.3, 0.4) is 0 Å². The largest absolute Gasteiger partial charge is 0.388 e. The second kappa shape index (κ2) is 5.64. The molecule has 1 amide bonds. The topological polar surface area (TPSA) is 58.6 Å². The van der Waals surface area contributed by atoms with Crippen molar-refractivity contribution in [2.45, 2.75) is 52.2 Å². The van der Waals surface area contributed by atoms with Gasteiger partial charge in [0, 0.05) is 13.7 Å². The summed E-state index contributed by atoms with van der Waals surface area (Å²) in [6.45, 7) is 9.44. The van der Waals surface area contributed by atoms with Gasteiger partial charge in [-0.1, -0.05) is 13.8 Å². The first-order valence-corrected chi connectivity index (χ1v) is 5.66. The van der Waals surface area contributed by atoms with Gasteiger partial charge in [0.2, 0.25) is 0 Å². The summed E-state index contributed by atoms with van der Waals surface area (Å²) >= 11 is 0. The minimum atomic E-state index is -0.867. The van der Waals surface area contributed by atoms with Crippen LogP contribution >= 0.6 is 0 Å². The molecule has 0 saturated carbocycles. The van der Waals surface area contributed by atoms with Gasteiger partial charge in [-0.15, -0.1) is 0 Å². The van der Waals surface area contributed by atoms with E-state index in [0.29, 0.717) is 12.3 Å². The number of nitrogens with one attached hydrogen (secondary N) is 1. The van der Waals surface area contributed by atoms with E-state index in [2.05, 4.69) is 5.32 Å². The Bertz CT molecular complexity index is 234. The maximum atomic E-state index is 11.7. The molecular weight excluding hydrogens is 206 g/mol. The van der Waals surface area contributed by atoms with Crippen LogP contribution in [-0.2, 0) is 9.53 Å². The number of rotatable bonds is 6. The lowest BCUT2D eigenvalue weighted by molar-refractivity contribution is -0.140. The van der Waals surface area contributed by atoms with Crippen molar-refractivity contribution in [2.75, 3.05) is 13.7 Å². The number of carbonyl (C=O) groups is 1. The molecule has 0 bridgehead atoms. The Labute approximate surface area is 98.4 Å². The van der Waals surface area contributed by atoms with Crippen LogP contribution in [0.4, 0.5) is 0 Å². The molecule has 0 aliphatic heterocycles. The number of ether oxygens (including phenoxy) is 1. The van der Waals surface area contributed by atoms with Crippen LogP contribution in [0.2, 0.25) is 0 Å². The maximum Gasteiger partial charge on any atom is 0.251 e. The highest BCUT2D eigenvalue weighted by atomic mass is 16.5. The molecule has 0 rings (SSSR count). The normalized spacial score (nSPS) is 16.0. The molecule has 4 nitrogen and oxygen atoms in total. The van der Waals surface area contributed by atoms with Crippen LogP contribution in [0.5, 0.6) is 0 Å². The number of methoxy groups -OCH3 is 1. The van der Waals surface area contributed by atoms with E-state index in [1.807, 2.05) is 13.8 Å². The first kappa shape index (κ1) is 15.4. The van der Waals surface area contributed by atoms with E-state index in [0.717, 1.165) is 0 Å². The summed E-state index contributed by atoms with van der Waals surface area (Å²) in [5, 5.41) is 12.7. The summed E-state index contributed by atoms with van der Waals surface area (Å²) in [6, 6.07) is 0. The van der Waals surface area contributed by atoms with Crippen LogP contribution < -0.4 is 5.32 Å². The standard InChI is InChI=1S/C12H25NO3/c1-9(2)7-12(5,15)8-13-10(14)11(3,4)16-6/h9,15H,7-8H2,1-6H3,(H,13,14). The predicted octanol–water partition coefficient (Wildman–Crippen LogP) is 1.32. The Hall–Kier alpha value is -0.610. The highest BCUT2D eigenvalue weighted by Gasteiger charge is 2.29. The molecule has 0 spiro atoms. The molecular formula is C12H25NO3. The van der Waals surface area contributed by atoms with E-state index < -0.39 is 11.2 Å². The summed E-state index contributed by atoms with van der Waals surface area (Å²) < 4.78 is 5.05. The van der Waals surface area contributed by atoms with Crippen molar-refractivity contribution in [2.24, 2.45) is 5.92 Å². The van der Waals surface area contributed by atoms with Crippen LogP contribution in [0.25, 0.3) is 0 Å². The van der Waals surface area contributed by atoms with Gasteiger partial charge >= 0.3 is 0 Å². The van der Waals surface area contributed by atoms with Crippen molar-refractivity contribution in [1.29, 1.82) is 0 Å². The first-order valence-electron chi connectivity index (χ1n) is 5.66. The van der Waals surface area contributed by atoms with Crippen molar-refractivity contribution in [3.63, 3.8) is 0 Å². The number of amides is 1. The van der Waals surface area contributed by atoms with Gasteiger partial charge in [0.05, 0.1) is 5.60 Å². The molecule has 0 fully saturated rings. The van der Waals surface area contributed by atoms with Crippen molar-refractivity contribution in [3.05, 3.63) is 0 Å². The van der Waals surface area contributed by atoms with Gasteiger partial charge in [0.25, 0.3) is 5.91 Å². The number of hydrogen-bond acceptors (Lipinski definition) is 3. The van der Waals surface area contributed by atoms with Gasteiger partial charge in [0.1, 0.15) is 5.60 Å². The highest BCUT2D eigenvalue weighted by Crippen LogP contribution is 2.16. The quantitative estimate of drug-likeness (QED) is 0.725. The fourth-order valence-electron chi connectivity index (χ4n) is 1.53. The molecule has 0 aromatic heterocycles. The molecule has 4 heteroatoms. The molecule has 1 unspecified atom stereocenters. The van der Waals surface area contributed by atoms with E-state index in [1.54, 1.807) is 20.8 Å². The highest BCUT2D eigenvalue weighted by molar-refractivity contribution is 5.84. The SMILES string of the molecule is COC(C)(C)C(=O)NCC(C)(O)CC(C)C. The molecule has 0 saturated heterocycles. The lowest BCUT2D eigenvalue weighted by atomic mass is 9.94. The molecule has 0 radical (unpaired) electrons. The summed E-state index contributed by atoms with van der Waals surface area (Å²) in [6.07, 6.45) is 0.653. The van der Waals surface area contributed by atoms with Crippen molar-refractivity contribution >= 4 is 5.91 Å². The second-order valence-electron chi connectivity index (χ2n) is 5.49. The third-order valence-electron chi connectivity index (χ3n) is 2.53. The lowest BCUT2D eigenvalue weighted by Crippen LogP contribution is -2.49. The average Bonchev–Trinajstić information content (AvgIpc) is 2.12. The third kappa shape index (κ3) is 5.47. The van der Waals surface area contributed by atoms with E-state index in [4.69, 9.17) is 4.74 Å². The fraction of sp³-hybridized carbons (Fsp3) is 0.917. The minimum Gasteiger partial charge on any atom is -0.388 e. The Morgan fingerprint density at radius 2 is 1.88 bits per heavy atom. The van der Waals surface area contributed by atoms with Crippen LogP contribution in [0.15, 0.2) is 0 Å². The molecule has 0 aliphatic carbocycles. The number of aliphatic hydroxyl groups is 1. The second-order valence-corrected chi connectivity index (χ2v) is 5.49. The summed E-state index contributed by atoms with van der Waals surface area (Å²) in [5.74, 6) is 0.182. The van der Waals surface area contributed by atoms with Crippen molar-refractivity contribution in [3.8, 4) is 0 Å². The molecule has 2 N–H and O–H groups in total. The molecule has 0 aromatic carbocycles. The smallest absolute Gasteiger partial charge is 0.251 e. The average molecular weight is 231 g/mol. The molecule has 16 heavy (non-hydrogen) atoms. The molecule has 96 valence electrons. The molecule has 1 atom stereocenters. The Kier molecular flexibility index (Phi) is 5.42. The van der Waals surface area contributed by atoms with E-state index in [1.165, 1.54) is 7.11 Å². The monoisotopic (exact) mass is 231 g/mol. The molecule has 0 heterocycles. The Morgan fingerprint density at radius 1 is 1.38 bits per heavy atom. The van der Waals surface area contributed by atoms with Crippen molar-refractivity contribution in [1.82, 2.24) is 5.32 Å². The predicted molar refractivity (Wildman–Crippen MR) is 64.2 cm³/mol. The zero-order valence-electron chi connectivity index (χ0n) is 11.3. The Morgan fingerprint density at radius 3 is 2.25 bits per heavy atom. The molecule has 0 aliphatic rings. The molecule has 0 aromatic rings. The van der Waals surface area contributed by atoms with Gasteiger partial charge < -0.3 is 15.2 Å². The summed E-state index contributed by atoms with van der Waals surface area (Å²) in [7, 11) is 1.49. The lowest BCUT2D eigenvalue weighted by Gasteiger charge is -2.28. The van der Waals surface area contributed by atoms with Gasteiger partial charge in [-0.25, -0.2) is 0 Å². The third-order valence-corrected chi connectivity index (χ3v) is 2.53. The zero-order chi connectivity index (χ0) is 13.0. The summed E-state index contributed by atoms with van der Waals surface area (Å²) in [4.78, 5) is 11.7. The summed E-state index contributed by atoms with van der Waals surface area (Å²) in [5.41, 5.74) is -1.72. The van der Waals surface area contributed by atoms with Crippen molar-refractivity contribution < 1.29 is 14.6 Å². The van der Waals surface area contributed by atoms with Crippen LogP contribution in [0.1, 0.15) is 41.0 Å². The zero-order valence-corrected chi connectivity index (χ0v) is 11.3. The first-order chi connectivity index (χ1) is 7.10. The van der Waals surface area contributed by atoms with Gasteiger partial charge in [0.15, 0.2) is 0 Å². The van der Waals surface area contributed by atoms with Gasteiger partial charge in [-0.05, 0) is 33.1 Å². The number of carbonyl (C=O) groups excluding carboxylic acids is 1.